The Morgan fingerprint density at radius 2 is 1.87 bits per heavy atom. The van der Waals surface area contributed by atoms with Gasteiger partial charge in [-0.05, 0) is 24.6 Å². The van der Waals surface area contributed by atoms with Crippen molar-refractivity contribution >= 4 is 24.8 Å². The number of carboxylic acid groups (broad SMARTS) is 2. The topological polar surface area (TPSA) is 121 Å². The Bertz CT molecular complexity index is 644. The SMILES string of the molecule is O=C(O)CCC(OP(=O)(O)c1cccc(C(F)(F)F)c1)C(=O)O. The Kier molecular flexibility index (Phi) is 5.92. The molecule has 0 saturated carbocycles. The molecule has 1 aromatic carbocycles. The van der Waals surface area contributed by atoms with Gasteiger partial charge in [-0.1, -0.05) is 6.07 Å². The van der Waals surface area contributed by atoms with Crippen LogP contribution in [-0.2, 0) is 24.9 Å². The van der Waals surface area contributed by atoms with Crippen LogP contribution >= 0.6 is 7.60 Å². The summed E-state index contributed by atoms with van der Waals surface area (Å²) in [5.41, 5.74) is -1.20. The lowest BCUT2D eigenvalue weighted by Gasteiger charge is -2.18. The van der Waals surface area contributed by atoms with Gasteiger partial charge in [-0.15, -0.1) is 0 Å². The van der Waals surface area contributed by atoms with Gasteiger partial charge in [0.1, 0.15) is 0 Å². The monoisotopic (exact) mass is 356 g/mol. The van der Waals surface area contributed by atoms with Gasteiger partial charge in [0.2, 0.25) is 0 Å². The van der Waals surface area contributed by atoms with Crippen LogP contribution in [0.2, 0.25) is 0 Å². The van der Waals surface area contributed by atoms with Crippen LogP contribution in [0.5, 0.6) is 0 Å². The van der Waals surface area contributed by atoms with E-state index in [9.17, 15) is 32.2 Å². The minimum Gasteiger partial charge on any atom is -0.481 e. The zero-order chi connectivity index (χ0) is 17.8. The highest BCUT2D eigenvalue weighted by Gasteiger charge is 2.35. The molecular formula is C12H12F3O7P. The van der Waals surface area contributed by atoms with Crippen molar-refractivity contribution in [3.63, 3.8) is 0 Å². The van der Waals surface area contributed by atoms with E-state index in [2.05, 4.69) is 4.52 Å². The van der Waals surface area contributed by atoms with Crippen molar-refractivity contribution < 1.29 is 47.0 Å². The van der Waals surface area contributed by atoms with Gasteiger partial charge in [-0.3, -0.25) is 13.9 Å². The van der Waals surface area contributed by atoms with Crippen LogP contribution in [0.25, 0.3) is 0 Å². The smallest absolute Gasteiger partial charge is 0.416 e. The second kappa shape index (κ2) is 7.12. The third kappa shape index (κ3) is 5.66. The van der Waals surface area contributed by atoms with Crippen molar-refractivity contribution in [2.24, 2.45) is 0 Å². The second-order valence-electron chi connectivity index (χ2n) is 4.43. The number of halogens is 3. The number of carbonyl (C=O) groups is 2. The van der Waals surface area contributed by atoms with E-state index in [0.717, 1.165) is 12.1 Å². The summed E-state index contributed by atoms with van der Waals surface area (Å²) < 4.78 is 54.2. The number of hydrogen-bond acceptors (Lipinski definition) is 4. The average molecular weight is 356 g/mol. The highest BCUT2D eigenvalue weighted by atomic mass is 31.2. The Balaban J connectivity index is 3.03. The zero-order valence-electron chi connectivity index (χ0n) is 11.4. The number of benzene rings is 1. The van der Waals surface area contributed by atoms with Gasteiger partial charge in [-0.25, -0.2) is 4.79 Å². The first-order chi connectivity index (χ1) is 10.4. The van der Waals surface area contributed by atoms with Crippen molar-refractivity contribution in [2.75, 3.05) is 0 Å². The van der Waals surface area contributed by atoms with Crippen molar-refractivity contribution in [1.29, 1.82) is 0 Å². The van der Waals surface area contributed by atoms with Gasteiger partial charge < -0.3 is 15.1 Å². The largest absolute Gasteiger partial charge is 0.481 e. The van der Waals surface area contributed by atoms with E-state index in [4.69, 9.17) is 10.2 Å². The molecule has 0 aliphatic rings. The molecule has 0 fully saturated rings. The Morgan fingerprint density at radius 1 is 1.26 bits per heavy atom. The summed E-state index contributed by atoms with van der Waals surface area (Å²) in [7, 11) is -4.89. The fourth-order valence-corrected chi connectivity index (χ4v) is 2.81. The van der Waals surface area contributed by atoms with E-state index in [1.54, 1.807) is 0 Å². The fraction of sp³-hybridized carbons (Fsp3) is 0.333. The summed E-state index contributed by atoms with van der Waals surface area (Å²) in [4.78, 5) is 31.0. The normalized spacial score (nSPS) is 15.7. The highest BCUT2D eigenvalue weighted by Crippen LogP contribution is 2.44. The molecule has 0 aliphatic carbocycles. The van der Waals surface area contributed by atoms with Crippen LogP contribution in [0.15, 0.2) is 24.3 Å². The summed E-state index contributed by atoms with van der Waals surface area (Å²) >= 11 is 0. The van der Waals surface area contributed by atoms with E-state index in [1.165, 1.54) is 0 Å². The maximum atomic E-state index is 12.6. The lowest BCUT2D eigenvalue weighted by molar-refractivity contribution is -0.146. The number of aliphatic carboxylic acids is 2. The molecule has 23 heavy (non-hydrogen) atoms. The van der Waals surface area contributed by atoms with E-state index in [1.807, 2.05) is 0 Å². The van der Waals surface area contributed by atoms with Crippen LogP contribution in [0.4, 0.5) is 13.2 Å². The number of hydrogen-bond donors (Lipinski definition) is 3. The molecule has 2 atom stereocenters. The summed E-state index contributed by atoms with van der Waals surface area (Å²) in [6.07, 6.45) is -7.98. The van der Waals surface area contributed by atoms with Crippen molar-refractivity contribution in [3.05, 3.63) is 29.8 Å². The molecule has 1 aromatic rings. The third-order valence-electron chi connectivity index (χ3n) is 2.67. The van der Waals surface area contributed by atoms with E-state index >= 15 is 0 Å². The third-order valence-corrected chi connectivity index (χ3v) is 4.14. The van der Waals surface area contributed by atoms with Crippen molar-refractivity contribution in [1.82, 2.24) is 0 Å². The Hall–Kier alpha value is -1.90. The van der Waals surface area contributed by atoms with Gasteiger partial charge >= 0.3 is 25.7 Å². The van der Waals surface area contributed by atoms with Gasteiger partial charge in [0, 0.05) is 6.42 Å². The minimum atomic E-state index is -4.89. The lowest BCUT2D eigenvalue weighted by atomic mass is 10.2. The van der Waals surface area contributed by atoms with Crippen LogP contribution in [0, 0.1) is 0 Å². The highest BCUT2D eigenvalue weighted by molar-refractivity contribution is 7.61. The lowest BCUT2D eigenvalue weighted by Crippen LogP contribution is -2.26. The second-order valence-corrected chi connectivity index (χ2v) is 6.20. The molecule has 0 aliphatic heterocycles. The Labute approximate surface area is 127 Å². The van der Waals surface area contributed by atoms with Crippen LogP contribution in [0.3, 0.4) is 0 Å². The maximum absolute atomic E-state index is 12.6. The molecular weight excluding hydrogens is 344 g/mol. The molecule has 0 radical (unpaired) electrons. The van der Waals surface area contributed by atoms with E-state index in [0.29, 0.717) is 12.1 Å². The van der Waals surface area contributed by atoms with Gasteiger partial charge in [0.15, 0.2) is 6.10 Å². The molecule has 0 spiro atoms. The molecule has 2 unspecified atom stereocenters. The quantitative estimate of drug-likeness (QED) is 0.638. The summed E-state index contributed by atoms with van der Waals surface area (Å²) in [6, 6.07) is 2.79. The van der Waals surface area contributed by atoms with Crippen LogP contribution in [-0.4, -0.2) is 33.1 Å². The summed E-state index contributed by atoms with van der Waals surface area (Å²) in [6.45, 7) is 0. The molecule has 3 N–H and O–H groups in total. The predicted molar refractivity (Wildman–Crippen MR) is 70.3 cm³/mol. The summed E-state index contributed by atoms with van der Waals surface area (Å²) in [5.74, 6) is -3.06. The first kappa shape index (κ1) is 19.1. The standard InChI is InChI=1S/C12H12F3O7P/c13-12(14,15)7-2-1-3-8(6-7)23(20,21)22-9(11(18)19)4-5-10(16)17/h1-3,6,9H,4-5H2,(H,16,17)(H,18,19)(H,20,21). The van der Waals surface area contributed by atoms with Gasteiger partial charge in [-0.2, -0.15) is 13.2 Å². The molecule has 0 amide bonds. The van der Waals surface area contributed by atoms with Crippen LogP contribution < -0.4 is 5.30 Å². The van der Waals surface area contributed by atoms with Gasteiger partial charge in [0.05, 0.1) is 10.9 Å². The number of carboxylic acids is 2. The fourth-order valence-electron chi connectivity index (χ4n) is 1.57. The van der Waals surface area contributed by atoms with E-state index < -0.39 is 55.5 Å². The zero-order valence-corrected chi connectivity index (χ0v) is 12.3. The van der Waals surface area contributed by atoms with E-state index in [-0.39, 0.29) is 0 Å². The van der Waals surface area contributed by atoms with Gasteiger partial charge in [0.25, 0.3) is 0 Å². The molecule has 0 aromatic heterocycles. The van der Waals surface area contributed by atoms with Crippen LogP contribution in [0.1, 0.15) is 18.4 Å². The first-order valence-corrected chi connectivity index (χ1v) is 7.65. The molecule has 11 heteroatoms. The Morgan fingerprint density at radius 3 is 2.35 bits per heavy atom. The molecule has 0 heterocycles. The first-order valence-electron chi connectivity index (χ1n) is 6.07. The molecule has 7 nitrogen and oxygen atoms in total. The number of alkyl halides is 3. The van der Waals surface area contributed by atoms with Crippen molar-refractivity contribution in [2.45, 2.75) is 25.1 Å². The maximum Gasteiger partial charge on any atom is 0.416 e. The summed E-state index contributed by atoms with van der Waals surface area (Å²) in [5, 5.41) is 16.6. The van der Waals surface area contributed by atoms with Crippen molar-refractivity contribution in [3.8, 4) is 0 Å². The molecule has 128 valence electrons. The predicted octanol–water partition coefficient (Wildman–Crippen LogP) is 1.85. The molecule has 0 saturated heterocycles. The number of rotatable bonds is 7. The molecule has 1 rings (SSSR count). The minimum absolute atomic E-state index is 0.372. The average Bonchev–Trinajstić information content (AvgIpc) is 2.42. The molecule has 0 bridgehead atoms.